The Balaban J connectivity index is 2.92. The summed E-state index contributed by atoms with van der Waals surface area (Å²) in [6.07, 6.45) is 0. The van der Waals surface area contributed by atoms with Crippen LogP contribution in [0.15, 0.2) is 18.2 Å². The number of nitrogens with one attached hydrogen (secondary N) is 2. The smallest absolute Gasteiger partial charge is 0.130 e. The minimum absolute atomic E-state index is 0.138. The van der Waals surface area contributed by atoms with Crippen LogP contribution in [0.2, 0.25) is 0 Å². The summed E-state index contributed by atoms with van der Waals surface area (Å²) in [5.74, 6) is -1.06. The van der Waals surface area contributed by atoms with Crippen LogP contribution >= 0.6 is 0 Å². The molecule has 1 atom stereocenters. The lowest BCUT2D eigenvalue weighted by molar-refractivity contribution is 0.508. The summed E-state index contributed by atoms with van der Waals surface area (Å²) in [6, 6.07) is 3.48. The molecule has 14 heavy (non-hydrogen) atoms. The predicted octanol–water partition coefficient (Wildman–Crippen LogP) is 1.44. The van der Waals surface area contributed by atoms with Crippen molar-refractivity contribution in [3.8, 4) is 0 Å². The van der Waals surface area contributed by atoms with Gasteiger partial charge >= 0.3 is 0 Å². The third kappa shape index (κ3) is 2.49. The summed E-state index contributed by atoms with van der Waals surface area (Å²) in [7, 11) is 3.52. The highest BCUT2D eigenvalue weighted by Gasteiger charge is 2.13. The van der Waals surface area contributed by atoms with Gasteiger partial charge in [-0.2, -0.15) is 0 Å². The first-order valence-electron chi connectivity index (χ1n) is 4.46. The first-order chi connectivity index (χ1) is 6.69. The topological polar surface area (TPSA) is 24.1 Å². The molecular formula is C10H14F2N2. The van der Waals surface area contributed by atoms with Crippen molar-refractivity contribution in [1.29, 1.82) is 0 Å². The monoisotopic (exact) mass is 200 g/mol. The second-order valence-electron chi connectivity index (χ2n) is 3.06. The third-order valence-corrected chi connectivity index (χ3v) is 2.09. The van der Waals surface area contributed by atoms with E-state index < -0.39 is 11.6 Å². The van der Waals surface area contributed by atoms with Crippen molar-refractivity contribution >= 4 is 0 Å². The molecular weight excluding hydrogens is 186 g/mol. The Kier molecular flexibility index (Phi) is 3.98. The van der Waals surface area contributed by atoms with Gasteiger partial charge in [0.2, 0.25) is 0 Å². The fourth-order valence-electron chi connectivity index (χ4n) is 1.36. The van der Waals surface area contributed by atoms with E-state index in [9.17, 15) is 8.78 Å². The summed E-state index contributed by atoms with van der Waals surface area (Å²) >= 11 is 0. The molecule has 4 heteroatoms. The van der Waals surface area contributed by atoms with Crippen LogP contribution in [0.4, 0.5) is 8.78 Å². The number of benzene rings is 1. The summed E-state index contributed by atoms with van der Waals surface area (Å²) in [5.41, 5.74) is 0.475. The Morgan fingerprint density at radius 3 is 2.50 bits per heavy atom. The standard InChI is InChI=1S/C10H14F2N2/c1-13-6-10(14-2)8-4-3-7(11)5-9(8)12/h3-5,10,13-14H,6H2,1-2H3. The van der Waals surface area contributed by atoms with Gasteiger partial charge in [0.05, 0.1) is 0 Å². The van der Waals surface area contributed by atoms with Crippen molar-refractivity contribution in [2.45, 2.75) is 6.04 Å². The molecule has 1 unspecified atom stereocenters. The highest BCUT2D eigenvalue weighted by Crippen LogP contribution is 2.17. The Labute approximate surface area is 82.3 Å². The van der Waals surface area contributed by atoms with Gasteiger partial charge < -0.3 is 10.6 Å². The van der Waals surface area contributed by atoms with E-state index in [1.807, 2.05) is 0 Å². The van der Waals surface area contributed by atoms with Crippen molar-refractivity contribution in [1.82, 2.24) is 10.6 Å². The quantitative estimate of drug-likeness (QED) is 0.768. The molecule has 1 aromatic carbocycles. The summed E-state index contributed by atoms with van der Waals surface area (Å²) in [6.45, 7) is 0.596. The highest BCUT2D eigenvalue weighted by atomic mass is 19.1. The van der Waals surface area contributed by atoms with Gasteiger partial charge in [-0.15, -0.1) is 0 Å². The number of halogens is 2. The average Bonchev–Trinajstić information content (AvgIpc) is 2.15. The summed E-state index contributed by atoms with van der Waals surface area (Å²) in [4.78, 5) is 0. The Morgan fingerprint density at radius 1 is 1.29 bits per heavy atom. The van der Waals surface area contributed by atoms with Crippen LogP contribution in [-0.2, 0) is 0 Å². The highest BCUT2D eigenvalue weighted by molar-refractivity contribution is 5.22. The molecule has 78 valence electrons. The Bertz CT molecular complexity index is 302. The van der Waals surface area contributed by atoms with E-state index in [4.69, 9.17) is 0 Å². The normalized spacial score (nSPS) is 12.9. The van der Waals surface area contributed by atoms with E-state index in [0.29, 0.717) is 12.1 Å². The Morgan fingerprint density at radius 2 is 2.00 bits per heavy atom. The predicted molar refractivity (Wildman–Crippen MR) is 52.1 cm³/mol. The molecule has 2 nitrogen and oxygen atoms in total. The number of hydrogen-bond acceptors (Lipinski definition) is 2. The molecule has 0 fully saturated rings. The molecule has 0 aliphatic rings. The van der Waals surface area contributed by atoms with Gasteiger partial charge in [-0.05, 0) is 20.2 Å². The van der Waals surface area contributed by atoms with E-state index in [0.717, 1.165) is 6.07 Å². The molecule has 2 N–H and O–H groups in total. The second-order valence-corrected chi connectivity index (χ2v) is 3.06. The number of rotatable bonds is 4. The minimum atomic E-state index is -0.550. The van der Waals surface area contributed by atoms with Gasteiger partial charge in [-0.25, -0.2) is 8.78 Å². The molecule has 0 aliphatic carbocycles. The van der Waals surface area contributed by atoms with Crippen LogP contribution < -0.4 is 10.6 Å². The molecule has 0 aromatic heterocycles. The fraction of sp³-hybridized carbons (Fsp3) is 0.400. The zero-order valence-corrected chi connectivity index (χ0v) is 8.27. The SMILES string of the molecule is CNCC(NC)c1ccc(F)cc1F. The van der Waals surface area contributed by atoms with E-state index in [1.54, 1.807) is 14.1 Å². The minimum Gasteiger partial charge on any atom is -0.318 e. The van der Waals surface area contributed by atoms with Crippen LogP contribution in [0, 0.1) is 11.6 Å². The van der Waals surface area contributed by atoms with Crippen LogP contribution in [-0.4, -0.2) is 20.6 Å². The van der Waals surface area contributed by atoms with Gasteiger partial charge in [0.25, 0.3) is 0 Å². The second kappa shape index (κ2) is 5.02. The van der Waals surface area contributed by atoms with Gasteiger partial charge in [-0.3, -0.25) is 0 Å². The maximum Gasteiger partial charge on any atom is 0.130 e. The molecule has 0 saturated carbocycles. The zero-order valence-electron chi connectivity index (χ0n) is 8.27. The zero-order chi connectivity index (χ0) is 10.6. The lowest BCUT2D eigenvalue weighted by Crippen LogP contribution is -2.28. The molecule has 0 heterocycles. The maximum absolute atomic E-state index is 13.3. The number of likely N-dealkylation sites (N-methyl/N-ethyl adjacent to an activating group) is 2. The van der Waals surface area contributed by atoms with E-state index in [1.165, 1.54) is 12.1 Å². The first kappa shape index (κ1) is 11.1. The van der Waals surface area contributed by atoms with Gasteiger partial charge in [-0.1, -0.05) is 6.07 Å². The molecule has 0 spiro atoms. The Hall–Kier alpha value is -1.00. The molecule has 0 bridgehead atoms. The first-order valence-corrected chi connectivity index (χ1v) is 4.46. The van der Waals surface area contributed by atoms with E-state index in [2.05, 4.69) is 10.6 Å². The van der Waals surface area contributed by atoms with Crippen LogP contribution in [0.1, 0.15) is 11.6 Å². The lowest BCUT2D eigenvalue weighted by atomic mass is 10.1. The third-order valence-electron chi connectivity index (χ3n) is 2.09. The van der Waals surface area contributed by atoms with Crippen molar-refractivity contribution in [2.75, 3.05) is 20.6 Å². The molecule has 0 radical (unpaired) electrons. The average molecular weight is 200 g/mol. The number of hydrogen-bond donors (Lipinski definition) is 2. The summed E-state index contributed by atoms with van der Waals surface area (Å²) < 4.78 is 25.9. The van der Waals surface area contributed by atoms with Crippen molar-refractivity contribution < 1.29 is 8.78 Å². The van der Waals surface area contributed by atoms with Crippen LogP contribution in [0.3, 0.4) is 0 Å². The van der Waals surface area contributed by atoms with Crippen LogP contribution in [0.5, 0.6) is 0 Å². The largest absolute Gasteiger partial charge is 0.318 e. The molecule has 1 rings (SSSR count). The van der Waals surface area contributed by atoms with Gasteiger partial charge in [0.1, 0.15) is 11.6 Å². The maximum atomic E-state index is 13.3. The van der Waals surface area contributed by atoms with Crippen molar-refractivity contribution in [3.05, 3.63) is 35.4 Å². The van der Waals surface area contributed by atoms with Gasteiger partial charge in [0, 0.05) is 24.2 Å². The molecule has 1 aromatic rings. The summed E-state index contributed by atoms with van der Waals surface area (Å²) in [5, 5.41) is 5.89. The van der Waals surface area contributed by atoms with E-state index >= 15 is 0 Å². The van der Waals surface area contributed by atoms with Gasteiger partial charge in [0.15, 0.2) is 0 Å². The lowest BCUT2D eigenvalue weighted by Gasteiger charge is -2.16. The molecule has 0 amide bonds. The fourth-order valence-corrected chi connectivity index (χ4v) is 1.36. The van der Waals surface area contributed by atoms with Crippen LogP contribution in [0.25, 0.3) is 0 Å². The molecule has 0 saturated heterocycles. The van der Waals surface area contributed by atoms with Crippen molar-refractivity contribution in [2.24, 2.45) is 0 Å². The molecule has 0 aliphatic heterocycles. The van der Waals surface area contributed by atoms with E-state index in [-0.39, 0.29) is 6.04 Å². The van der Waals surface area contributed by atoms with Crippen molar-refractivity contribution in [3.63, 3.8) is 0 Å².